The number of methoxy groups -OCH3 is 3. The van der Waals surface area contributed by atoms with Gasteiger partial charge >= 0.3 is 0 Å². The maximum Gasteiger partial charge on any atom is 0.255 e. The van der Waals surface area contributed by atoms with Crippen molar-refractivity contribution in [3.05, 3.63) is 53.9 Å². The number of nitrogens with one attached hydrogen (secondary N) is 1. The molecule has 0 radical (unpaired) electrons. The number of aromatic nitrogens is 3. The zero-order valence-electron chi connectivity index (χ0n) is 16.6. The van der Waals surface area contributed by atoms with Crippen LogP contribution in [0.3, 0.4) is 0 Å². The van der Waals surface area contributed by atoms with E-state index in [-0.39, 0.29) is 12.5 Å². The average Bonchev–Trinajstić information content (AvgIpc) is 3.19. The molecule has 152 valence electrons. The van der Waals surface area contributed by atoms with Crippen molar-refractivity contribution in [2.45, 2.75) is 11.7 Å². The summed E-state index contributed by atoms with van der Waals surface area (Å²) in [6.07, 6.45) is 1.92. The third kappa shape index (κ3) is 4.45. The molecule has 0 aliphatic carbocycles. The summed E-state index contributed by atoms with van der Waals surface area (Å²) in [5.74, 6) is 2.10. The summed E-state index contributed by atoms with van der Waals surface area (Å²) in [7, 11) is 4.68. The monoisotopic (exact) mass is 414 g/mol. The Kier molecular flexibility index (Phi) is 6.61. The zero-order valence-corrected chi connectivity index (χ0v) is 17.4. The highest BCUT2D eigenvalue weighted by atomic mass is 32.2. The molecule has 0 aliphatic heterocycles. The van der Waals surface area contributed by atoms with E-state index in [1.165, 1.54) is 18.9 Å². The lowest BCUT2D eigenvalue weighted by atomic mass is 10.1. The van der Waals surface area contributed by atoms with Crippen LogP contribution in [-0.2, 0) is 6.54 Å². The Bertz CT molecular complexity index is 989. The van der Waals surface area contributed by atoms with Crippen LogP contribution in [0, 0.1) is 0 Å². The van der Waals surface area contributed by atoms with Gasteiger partial charge < -0.3 is 19.5 Å². The van der Waals surface area contributed by atoms with E-state index in [9.17, 15) is 4.79 Å². The number of carbonyl (C=O) groups is 1. The number of thioether (sulfide) groups is 1. The predicted octanol–water partition coefficient (Wildman–Crippen LogP) is 2.95. The molecule has 3 rings (SSSR count). The Morgan fingerprint density at radius 3 is 2.31 bits per heavy atom. The maximum atomic E-state index is 12.7. The lowest BCUT2D eigenvalue weighted by molar-refractivity contribution is 0.0946. The first kappa shape index (κ1) is 20.5. The molecule has 2 aromatic carbocycles. The molecule has 29 heavy (non-hydrogen) atoms. The second kappa shape index (κ2) is 9.33. The van der Waals surface area contributed by atoms with Gasteiger partial charge in [0.1, 0.15) is 17.2 Å². The van der Waals surface area contributed by atoms with Gasteiger partial charge in [0.25, 0.3) is 5.91 Å². The predicted molar refractivity (Wildman–Crippen MR) is 110 cm³/mol. The van der Waals surface area contributed by atoms with E-state index >= 15 is 0 Å². The third-order valence-corrected chi connectivity index (χ3v) is 4.90. The molecular formula is C20H22N4O4S. The highest BCUT2D eigenvalue weighted by Crippen LogP contribution is 2.25. The van der Waals surface area contributed by atoms with Gasteiger partial charge in [-0.25, -0.2) is 0 Å². The highest BCUT2D eigenvalue weighted by Gasteiger charge is 2.17. The van der Waals surface area contributed by atoms with Crippen LogP contribution < -0.4 is 19.5 Å². The molecule has 1 heterocycles. The fraction of sp³-hybridized carbons (Fsp3) is 0.250. The molecule has 0 unspecified atom stereocenters. The molecule has 1 N–H and O–H groups in total. The molecule has 1 aromatic heterocycles. The number of benzene rings is 2. The molecular weight excluding hydrogens is 392 g/mol. The van der Waals surface area contributed by atoms with Crippen LogP contribution in [-0.4, -0.2) is 48.3 Å². The molecule has 0 fully saturated rings. The lowest BCUT2D eigenvalue weighted by Crippen LogP contribution is -2.25. The summed E-state index contributed by atoms with van der Waals surface area (Å²) in [4.78, 5) is 12.7. The normalized spacial score (nSPS) is 10.5. The fourth-order valence-corrected chi connectivity index (χ4v) is 3.30. The number of rotatable bonds is 8. The van der Waals surface area contributed by atoms with E-state index < -0.39 is 0 Å². The molecule has 0 spiro atoms. The minimum absolute atomic E-state index is 0.193. The van der Waals surface area contributed by atoms with E-state index in [1.807, 2.05) is 35.1 Å². The third-order valence-electron chi connectivity index (χ3n) is 4.27. The summed E-state index contributed by atoms with van der Waals surface area (Å²) in [5, 5.41) is 12.1. The van der Waals surface area contributed by atoms with Crippen molar-refractivity contribution >= 4 is 17.7 Å². The van der Waals surface area contributed by atoms with Gasteiger partial charge in [0, 0.05) is 5.69 Å². The van der Waals surface area contributed by atoms with Crippen LogP contribution in [0.15, 0.2) is 47.6 Å². The standard InChI is InChI=1S/C20H22N4O4S/c1-26-14-7-5-13(6-8-14)24-18(22-23-20(24)29-4)12-21-19(25)16-11-15(27-2)9-10-17(16)28-3/h5-11H,12H2,1-4H3,(H,21,25). The van der Waals surface area contributed by atoms with Gasteiger partial charge in [-0.1, -0.05) is 11.8 Å². The zero-order chi connectivity index (χ0) is 20.8. The second-order valence-corrected chi connectivity index (χ2v) is 6.66. The first-order valence-electron chi connectivity index (χ1n) is 8.74. The van der Waals surface area contributed by atoms with E-state index in [1.54, 1.807) is 32.4 Å². The molecule has 9 heteroatoms. The Morgan fingerprint density at radius 2 is 1.69 bits per heavy atom. The average molecular weight is 414 g/mol. The van der Waals surface area contributed by atoms with Gasteiger partial charge in [0.05, 0.1) is 33.4 Å². The van der Waals surface area contributed by atoms with Gasteiger partial charge in [0.2, 0.25) is 0 Å². The number of carbonyl (C=O) groups excluding carboxylic acids is 1. The molecule has 1 amide bonds. The topological polar surface area (TPSA) is 87.5 Å². The van der Waals surface area contributed by atoms with Gasteiger partial charge in [-0.3, -0.25) is 9.36 Å². The SMILES string of the molecule is COc1ccc(-n2c(CNC(=O)c3cc(OC)ccc3OC)nnc2SC)cc1. The second-order valence-electron chi connectivity index (χ2n) is 5.89. The number of hydrogen-bond donors (Lipinski definition) is 1. The van der Waals surface area contributed by atoms with Gasteiger partial charge in [-0.05, 0) is 48.7 Å². The molecule has 3 aromatic rings. The summed E-state index contributed by atoms with van der Waals surface area (Å²) < 4.78 is 17.6. The summed E-state index contributed by atoms with van der Waals surface area (Å²) >= 11 is 1.47. The summed E-state index contributed by atoms with van der Waals surface area (Å²) in [6.45, 7) is 0.193. The lowest BCUT2D eigenvalue weighted by Gasteiger charge is -2.12. The Labute approximate surface area is 173 Å². The number of nitrogens with zero attached hydrogens (tertiary/aromatic N) is 3. The van der Waals surface area contributed by atoms with Crippen molar-refractivity contribution < 1.29 is 19.0 Å². The minimum atomic E-state index is -0.296. The molecule has 0 saturated carbocycles. The van der Waals surface area contributed by atoms with Crippen LogP contribution in [0.1, 0.15) is 16.2 Å². The van der Waals surface area contributed by atoms with Crippen molar-refractivity contribution in [1.29, 1.82) is 0 Å². The van der Waals surface area contributed by atoms with Crippen LogP contribution in [0.2, 0.25) is 0 Å². The van der Waals surface area contributed by atoms with Gasteiger partial charge in [0.15, 0.2) is 11.0 Å². The van der Waals surface area contributed by atoms with Gasteiger partial charge in [-0.15, -0.1) is 10.2 Å². The first-order valence-corrected chi connectivity index (χ1v) is 9.96. The van der Waals surface area contributed by atoms with Crippen molar-refractivity contribution in [3.8, 4) is 22.9 Å². The number of ether oxygens (including phenoxy) is 3. The van der Waals surface area contributed by atoms with Crippen molar-refractivity contribution in [2.75, 3.05) is 27.6 Å². The van der Waals surface area contributed by atoms with E-state index in [4.69, 9.17) is 14.2 Å². The summed E-state index contributed by atoms with van der Waals surface area (Å²) in [5.41, 5.74) is 1.26. The number of hydrogen-bond acceptors (Lipinski definition) is 7. The van der Waals surface area contributed by atoms with Gasteiger partial charge in [-0.2, -0.15) is 0 Å². The smallest absolute Gasteiger partial charge is 0.255 e. The van der Waals surface area contributed by atoms with Crippen molar-refractivity contribution in [1.82, 2.24) is 20.1 Å². The van der Waals surface area contributed by atoms with Crippen molar-refractivity contribution in [2.24, 2.45) is 0 Å². The van der Waals surface area contributed by atoms with E-state index in [0.29, 0.717) is 22.9 Å². The molecule has 0 saturated heterocycles. The Hall–Kier alpha value is -3.20. The highest BCUT2D eigenvalue weighted by molar-refractivity contribution is 7.98. The van der Waals surface area contributed by atoms with Crippen LogP contribution in [0.5, 0.6) is 17.2 Å². The molecule has 0 aliphatic rings. The van der Waals surface area contributed by atoms with Crippen molar-refractivity contribution in [3.63, 3.8) is 0 Å². The fourth-order valence-electron chi connectivity index (χ4n) is 2.78. The minimum Gasteiger partial charge on any atom is -0.497 e. The van der Waals surface area contributed by atoms with E-state index in [2.05, 4.69) is 15.5 Å². The van der Waals surface area contributed by atoms with Crippen LogP contribution >= 0.6 is 11.8 Å². The number of amides is 1. The molecule has 8 nitrogen and oxygen atoms in total. The quantitative estimate of drug-likeness (QED) is 0.567. The first-order chi connectivity index (χ1) is 14.1. The molecule has 0 atom stereocenters. The maximum absolute atomic E-state index is 12.7. The Balaban J connectivity index is 1.84. The Morgan fingerprint density at radius 1 is 1.00 bits per heavy atom. The molecule has 0 bridgehead atoms. The summed E-state index contributed by atoms with van der Waals surface area (Å²) in [6, 6.07) is 12.6. The van der Waals surface area contributed by atoms with Crippen LogP contribution in [0.4, 0.5) is 0 Å². The van der Waals surface area contributed by atoms with E-state index in [0.717, 1.165) is 16.6 Å². The van der Waals surface area contributed by atoms with Crippen LogP contribution in [0.25, 0.3) is 5.69 Å². The largest absolute Gasteiger partial charge is 0.497 e.